The van der Waals surface area contributed by atoms with Crippen LogP contribution in [-0.2, 0) is 7.05 Å². The van der Waals surface area contributed by atoms with E-state index in [4.69, 9.17) is 0 Å². The number of rotatable bonds is 2. The maximum absolute atomic E-state index is 4.03. The molecule has 11 heavy (non-hydrogen) atoms. The van der Waals surface area contributed by atoms with Gasteiger partial charge in [-0.25, -0.2) is 0 Å². The van der Waals surface area contributed by atoms with Gasteiger partial charge in [0.1, 0.15) is 5.82 Å². The van der Waals surface area contributed by atoms with E-state index in [2.05, 4.69) is 24.0 Å². The number of hydrogen-bond donors (Lipinski definition) is 0. The summed E-state index contributed by atoms with van der Waals surface area (Å²) in [5.41, 5.74) is 0. The molecule has 0 saturated heterocycles. The van der Waals surface area contributed by atoms with Gasteiger partial charge in [-0.3, -0.25) is 0 Å². The van der Waals surface area contributed by atoms with Crippen LogP contribution in [0.5, 0.6) is 0 Å². The molecule has 3 nitrogen and oxygen atoms in total. The second-order valence-corrected chi connectivity index (χ2v) is 4.30. The summed E-state index contributed by atoms with van der Waals surface area (Å²) in [5.74, 6) is 0.966. The molecule has 0 atom stereocenters. The van der Waals surface area contributed by atoms with E-state index in [1.165, 1.54) is 0 Å². The van der Waals surface area contributed by atoms with Crippen LogP contribution in [0.3, 0.4) is 0 Å². The molecule has 0 fully saturated rings. The predicted octanol–water partition coefficient (Wildman–Crippen LogP) is 1.62. The Kier molecular flexibility index (Phi) is 2.54. The van der Waals surface area contributed by atoms with Crippen molar-refractivity contribution in [3.05, 3.63) is 5.82 Å². The van der Waals surface area contributed by atoms with Crippen molar-refractivity contribution in [2.75, 3.05) is 0 Å². The largest absolute Gasteiger partial charge is 0.309 e. The van der Waals surface area contributed by atoms with Gasteiger partial charge in [0.15, 0.2) is 5.16 Å². The first-order valence-corrected chi connectivity index (χ1v) is 4.52. The van der Waals surface area contributed by atoms with Crippen molar-refractivity contribution in [2.24, 2.45) is 7.05 Å². The molecule has 62 valence electrons. The van der Waals surface area contributed by atoms with E-state index in [1.807, 2.05) is 18.5 Å². The van der Waals surface area contributed by atoms with Gasteiger partial charge in [0, 0.05) is 12.3 Å². The van der Waals surface area contributed by atoms with Gasteiger partial charge in [-0.2, -0.15) is 0 Å². The first-order valence-electron chi connectivity index (χ1n) is 3.64. The Bertz CT molecular complexity index is 242. The average molecular weight is 171 g/mol. The summed E-state index contributed by atoms with van der Waals surface area (Å²) in [6.45, 7) is 6.25. The number of hydrogen-bond acceptors (Lipinski definition) is 3. The van der Waals surface area contributed by atoms with Crippen LogP contribution in [0.2, 0.25) is 0 Å². The highest BCUT2D eigenvalue weighted by atomic mass is 32.2. The van der Waals surface area contributed by atoms with Gasteiger partial charge in [-0.15, -0.1) is 10.2 Å². The van der Waals surface area contributed by atoms with Crippen LogP contribution in [0.1, 0.15) is 19.7 Å². The third-order valence-corrected chi connectivity index (χ3v) is 2.43. The van der Waals surface area contributed by atoms with Crippen molar-refractivity contribution < 1.29 is 0 Å². The number of nitrogens with zero attached hydrogens (tertiary/aromatic N) is 3. The second-order valence-electron chi connectivity index (χ2n) is 2.76. The summed E-state index contributed by atoms with van der Waals surface area (Å²) in [4.78, 5) is 0. The van der Waals surface area contributed by atoms with Crippen molar-refractivity contribution in [2.45, 2.75) is 31.2 Å². The Morgan fingerprint density at radius 2 is 2.00 bits per heavy atom. The van der Waals surface area contributed by atoms with Gasteiger partial charge in [0.05, 0.1) is 0 Å². The lowest BCUT2D eigenvalue weighted by Crippen LogP contribution is -1.96. The molecule has 1 rings (SSSR count). The fourth-order valence-electron chi connectivity index (χ4n) is 0.701. The van der Waals surface area contributed by atoms with E-state index in [0.717, 1.165) is 11.0 Å². The molecule has 0 aliphatic rings. The Hall–Kier alpha value is -0.510. The molecular weight excluding hydrogens is 158 g/mol. The van der Waals surface area contributed by atoms with Crippen molar-refractivity contribution in [1.29, 1.82) is 0 Å². The molecule has 0 amide bonds. The molecule has 0 saturated carbocycles. The molecular formula is C7H13N3S. The van der Waals surface area contributed by atoms with Gasteiger partial charge >= 0.3 is 0 Å². The molecule has 0 unspecified atom stereocenters. The summed E-state index contributed by atoms with van der Waals surface area (Å²) in [6.07, 6.45) is 0. The predicted molar refractivity (Wildman–Crippen MR) is 46.7 cm³/mol. The highest BCUT2D eigenvalue weighted by Crippen LogP contribution is 2.19. The van der Waals surface area contributed by atoms with Crippen molar-refractivity contribution in [1.82, 2.24) is 14.8 Å². The van der Waals surface area contributed by atoms with Gasteiger partial charge in [-0.05, 0) is 6.92 Å². The van der Waals surface area contributed by atoms with Gasteiger partial charge in [0.2, 0.25) is 0 Å². The SMILES string of the molecule is Cc1nnc(SC(C)C)n1C. The zero-order chi connectivity index (χ0) is 8.43. The molecule has 1 aromatic rings. The first kappa shape index (κ1) is 8.59. The molecule has 1 aromatic heterocycles. The normalized spacial score (nSPS) is 11.0. The number of aromatic nitrogens is 3. The third kappa shape index (κ3) is 1.96. The fourth-order valence-corrected chi connectivity index (χ4v) is 1.50. The Labute approximate surface area is 71.2 Å². The molecule has 0 N–H and O–H groups in total. The quantitative estimate of drug-likeness (QED) is 0.634. The topological polar surface area (TPSA) is 30.7 Å². The van der Waals surface area contributed by atoms with Crippen molar-refractivity contribution in [3.8, 4) is 0 Å². The van der Waals surface area contributed by atoms with E-state index >= 15 is 0 Å². The monoisotopic (exact) mass is 171 g/mol. The molecule has 4 heteroatoms. The number of thioether (sulfide) groups is 1. The zero-order valence-electron chi connectivity index (χ0n) is 7.33. The van der Waals surface area contributed by atoms with Gasteiger partial charge in [-0.1, -0.05) is 25.6 Å². The van der Waals surface area contributed by atoms with Crippen LogP contribution in [-0.4, -0.2) is 20.0 Å². The highest BCUT2D eigenvalue weighted by Gasteiger charge is 2.06. The average Bonchev–Trinajstić information content (AvgIpc) is 2.18. The lowest BCUT2D eigenvalue weighted by Gasteiger charge is -2.02. The smallest absolute Gasteiger partial charge is 0.191 e. The standard InChI is InChI=1S/C7H13N3S/c1-5(2)11-7-9-8-6(3)10(7)4/h5H,1-4H3. The van der Waals surface area contributed by atoms with Crippen LogP contribution < -0.4 is 0 Å². The first-order chi connectivity index (χ1) is 5.11. The summed E-state index contributed by atoms with van der Waals surface area (Å²) in [6, 6.07) is 0. The number of aryl methyl sites for hydroxylation is 1. The minimum Gasteiger partial charge on any atom is -0.309 e. The van der Waals surface area contributed by atoms with E-state index in [-0.39, 0.29) is 0 Å². The van der Waals surface area contributed by atoms with Crippen molar-refractivity contribution in [3.63, 3.8) is 0 Å². The highest BCUT2D eigenvalue weighted by molar-refractivity contribution is 7.99. The van der Waals surface area contributed by atoms with E-state index < -0.39 is 0 Å². The third-order valence-electron chi connectivity index (χ3n) is 1.39. The van der Waals surface area contributed by atoms with Crippen LogP contribution in [0.25, 0.3) is 0 Å². The molecule has 0 bridgehead atoms. The maximum atomic E-state index is 4.03. The Balaban J connectivity index is 2.79. The molecule has 0 spiro atoms. The van der Waals surface area contributed by atoms with E-state index in [9.17, 15) is 0 Å². The van der Waals surface area contributed by atoms with E-state index in [1.54, 1.807) is 11.8 Å². The second kappa shape index (κ2) is 3.26. The lowest BCUT2D eigenvalue weighted by atomic mass is 10.6. The minimum atomic E-state index is 0.567. The van der Waals surface area contributed by atoms with Crippen LogP contribution in [0.4, 0.5) is 0 Å². The van der Waals surface area contributed by atoms with Crippen LogP contribution >= 0.6 is 11.8 Å². The molecule has 0 aromatic carbocycles. The van der Waals surface area contributed by atoms with Crippen LogP contribution in [0, 0.1) is 6.92 Å². The summed E-state index contributed by atoms with van der Waals surface area (Å²) >= 11 is 1.74. The lowest BCUT2D eigenvalue weighted by molar-refractivity contribution is 0.763. The molecule has 0 aliphatic carbocycles. The fraction of sp³-hybridized carbons (Fsp3) is 0.714. The van der Waals surface area contributed by atoms with Crippen LogP contribution in [0.15, 0.2) is 5.16 Å². The summed E-state index contributed by atoms with van der Waals surface area (Å²) in [7, 11) is 1.99. The molecule has 1 heterocycles. The maximum Gasteiger partial charge on any atom is 0.191 e. The summed E-state index contributed by atoms with van der Waals surface area (Å²) < 4.78 is 2.00. The Morgan fingerprint density at radius 3 is 2.36 bits per heavy atom. The Morgan fingerprint density at radius 1 is 1.36 bits per heavy atom. The van der Waals surface area contributed by atoms with Gasteiger partial charge in [0.25, 0.3) is 0 Å². The molecule has 0 aliphatic heterocycles. The van der Waals surface area contributed by atoms with Gasteiger partial charge < -0.3 is 4.57 Å². The van der Waals surface area contributed by atoms with E-state index in [0.29, 0.717) is 5.25 Å². The minimum absolute atomic E-state index is 0.567. The van der Waals surface area contributed by atoms with Crippen molar-refractivity contribution >= 4 is 11.8 Å². The zero-order valence-corrected chi connectivity index (χ0v) is 8.14. The summed E-state index contributed by atoms with van der Waals surface area (Å²) in [5, 5.41) is 9.56. The molecule has 0 radical (unpaired) electrons.